The summed E-state index contributed by atoms with van der Waals surface area (Å²) in [4.78, 5) is 2.45. The Bertz CT molecular complexity index is 157. The molecule has 0 aliphatic carbocycles. The summed E-state index contributed by atoms with van der Waals surface area (Å²) in [6, 6.07) is 2.98. The van der Waals surface area contributed by atoms with Crippen LogP contribution in [0, 0.1) is 17.2 Å². The molecule has 2 atom stereocenters. The largest absolute Gasteiger partial charge is 0.297 e. The van der Waals surface area contributed by atoms with Crippen LogP contribution in [0.4, 0.5) is 0 Å². The third-order valence-corrected chi connectivity index (χ3v) is 2.26. The molecule has 1 aliphatic rings. The van der Waals surface area contributed by atoms with Crippen LogP contribution < -0.4 is 0 Å². The van der Waals surface area contributed by atoms with Crippen molar-refractivity contribution < 1.29 is 0 Å². The molecule has 2 heteroatoms. The zero-order valence-electron chi connectivity index (χ0n) is 7.38. The van der Waals surface area contributed by atoms with E-state index < -0.39 is 0 Å². The van der Waals surface area contributed by atoms with Crippen molar-refractivity contribution in [3.63, 3.8) is 0 Å². The quantitative estimate of drug-likeness (QED) is 0.452. The van der Waals surface area contributed by atoms with Gasteiger partial charge in [-0.15, -0.1) is 0 Å². The fourth-order valence-corrected chi connectivity index (χ4v) is 1.44. The summed E-state index contributed by atoms with van der Waals surface area (Å²) in [6.45, 7) is 6.89. The van der Waals surface area contributed by atoms with Crippen LogP contribution in [0.5, 0.6) is 0 Å². The molecule has 11 heavy (non-hydrogen) atoms. The lowest BCUT2D eigenvalue weighted by atomic mass is 10.1. The van der Waals surface area contributed by atoms with E-state index in [1.807, 2.05) is 0 Å². The third kappa shape index (κ3) is 2.51. The summed E-state index contributed by atoms with van der Waals surface area (Å²) in [7, 11) is 0. The van der Waals surface area contributed by atoms with Gasteiger partial charge in [0.1, 0.15) is 0 Å². The first kappa shape index (κ1) is 8.55. The Labute approximate surface area is 68.8 Å². The van der Waals surface area contributed by atoms with Crippen LogP contribution in [-0.2, 0) is 0 Å². The normalized spacial score (nSPS) is 28.5. The number of unbranched alkanes of at least 4 members (excludes halogenated alkanes) is 1. The molecule has 62 valence electrons. The molecule has 0 amide bonds. The van der Waals surface area contributed by atoms with Gasteiger partial charge in [0.05, 0.1) is 6.07 Å². The van der Waals surface area contributed by atoms with Crippen LogP contribution in [0.25, 0.3) is 0 Å². The Hall–Kier alpha value is -0.550. The predicted molar refractivity (Wildman–Crippen MR) is 45.0 cm³/mol. The van der Waals surface area contributed by atoms with Gasteiger partial charge >= 0.3 is 0 Å². The van der Waals surface area contributed by atoms with Crippen LogP contribution in [0.15, 0.2) is 0 Å². The lowest BCUT2D eigenvalue weighted by Gasteiger charge is -2.03. The number of nitriles is 1. The van der Waals surface area contributed by atoms with Crippen molar-refractivity contribution in [2.75, 3.05) is 13.1 Å². The maximum Gasteiger partial charge on any atom is 0.0622 e. The molecule has 0 saturated carbocycles. The molecule has 2 unspecified atom stereocenters. The Morgan fingerprint density at radius 1 is 1.64 bits per heavy atom. The first-order valence-electron chi connectivity index (χ1n) is 4.36. The molecule has 1 fully saturated rings. The van der Waals surface area contributed by atoms with E-state index in [0.717, 1.165) is 24.9 Å². The predicted octanol–water partition coefficient (Wildman–Crippen LogP) is 1.63. The number of nitrogens with zero attached hydrogens (tertiary/aromatic N) is 2. The summed E-state index contributed by atoms with van der Waals surface area (Å²) < 4.78 is 0. The molecule has 0 aromatic carbocycles. The van der Waals surface area contributed by atoms with E-state index in [-0.39, 0.29) is 0 Å². The highest BCUT2D eigenvalue weighted by atomic mass is 15.3. The van der Waals surface area contributed by atoms with E-state index in [9.17, 15) is 0 Å². The van der Waals surface area contributed by atoms with Crippen molar-refractivity contribution in [1.29, 1.82) is 5.26 Å². The molecule has 0 radical (unpaired) electrons. The highest BCUT2D eigenvalue weighted by Crippen LogP contribution is 2.24. The summed E-state index contributed by atoms with van der Waals surface area (Å²) >= 11 is 0. The van der Waals surface area contributed by atoms with Gasteiger partial charge in [-0.05, 0) is 18.9 Å². The van der Waals surface area contributed by atoms with E-state index in [0.29, 0.717) is 6.42 Å². The molecule has 0 aromatic heterocycles. The topological polar surface area (TPSA) is 26.8 Å². The molecule has 0 spiro atoms. The van der Waals surface area contributed by atoms with E-state index in [2.05, 4.69) is 24.8 Å². The van der Waals surface area contributed by atoms with Crippen molar-refractivity contribution >= 4 is 0 Å². The smallest absolute Gasteiger partial charge is 0.0622 e. The number of rotatable bonds is 4. The second-order valence-electron chi connectivity index (χ2n) is 3.57. The Morgan fingerprint density at radius 3 is 2.82 bits per heavy atom. The van der Waals surface area contributed by atoms with Crippen LogP contribution in [0.2, 0.25) is 0 Å². The molecule has 1 aliphatic heterocycles. The summed E-state index contributed by atoms with van der Waals surface area (Å²) in [5.74, 6) is 0.789. The summed E-state index contributed by atoms with van der Waals surface area (Å²) in [5, 5.41) is 8.31. The maximum absolute atomic E-state index is 8.31. The van der Waals surface area contributed by atoms with Crippen molar-refractivity contribution in [2.24, 2.45) is 5.92 Å². The van der Waals surface area contributed by atoms with Crippen molar-refractivity contribution in [1.82, 2.24) is 4.90 Å². The first-order valence-corrected chi connectivity index (χ1v) is 4.36. The van der Waals surface area contributed by atoms with Crippen LogP contribution in [0.3, 0.4) is 0 Å². The maximum atomic E-state index is 8.31. The molecule has 0 aromatic rings. The molecular weight excluding hydrogens is 136 g/mol. The molecule has 2 nitrogen and oxygen atoms in total. The van der Waals surface area contributed by atoms with Gasteiger partial charge in [0.15, 0.2) is 0 Å². The fourth-order valence-electron chi connectivity index (χ4n) is 1.44. The van der Waals surface area contributed by atoms with Gasteiger partial charge in [0.25, 0.3) is 0 Å². The molecule has 0 N–H and O–H groups in total. The van der Waals surface area contributed by atoms with Crippen molar-refractivity contribution in [3.05, 3.63) is 0 Å². The van der Waals surface area contributed by atoms with Gasteiger partial charge < -0.3 is 0 Å². The minimum Gasteiger partial charge on any atom is -0.297 e. The lowest BCUT2D eigenvalue weighted by molar-refractivity contribution is 0.438. The zero-order valence-corrected chi connectivity index (χ0v) is 7.38. The zero-order chi connectivity index (χ0) is 8.27. The minimum absolute atomic E-state index is 0.710. The SMILES string of the molecule is CC(C)C1CN1CCCC#N. The second-order valence-corrected chi connectivity index (χ2v) is 3.57. The molecule has 1 saturated heterocycles. The summed E-state index contributed by atoms with van der Waals surface area (Å²) in [6.07, 6.45) is 1.75. The molecule has 0 bridgehead atoms. The highest BCUT2D eigenvalue weighted by Gasteiger charge is 2.35. The molecule has 1 rings (SSSR count). The summed E-state index contributed by atoms with van der Waals surface area (Å²) in [5.41, 5.74) is 0. The molecule has 1 heterocycles. The first-order chi connectivity index (χ1) is 5.25. The van der Waals surface area contributed by atoms with E-state index in [1.165, 1.54) is 6.54 Å². The fraction of sp³-hybridized carbons (Fsp3) is 0.889. The van der Waals surface area contributed by atoms with Gasteiger partial charge in [-0.25, -0.2) is 0 Å². The second kappa shape index (κ2) is 3.73. The monoisotopic (exact) mass is 152 g/mol. The lowest BCUT2D eigenvalue weighted by Crippen LogP contribution is -2.08. The van der Waals surface area contributed by atoms with Crippen LogP contribution in [-0.4, -0.2) is 24.0 Å². The van der Waals surface area contributed by atoms with Gasteiger partial charge in [-0.2, -0.15) is 5.26 Å². The Balaban J connectivity index is 2.01. The number of hydrogen-bond donors (Lipinski definition) is 0. The van der Waals surface area contributed by atoms with Crippen molar-refractivity contribution in [2.45, 2.75) is 32.7 Å². The van der Waals surface area contributed by atoms with Gasteiger partial charge in [-0.3, -0.25) is 4.90 Å². The van der Waals surface area contributed by atoms with Gasteiger partial charge in [0, 0.05) is 19.0 Å². The Kier molecular flexibility index (Phi) is 2.90. The third-order valence-electron chi connectivity index (χ3n) is 2.26. The highest BCUT2D eigenvalue weighted by molar-refractivity contribution is 4.91. The average Bonchev–Trinajstić information content (AvgIpc) is 2.68. The van der Waals surface area contributed by atoms with E-state index in [4.69, 9.17) is 5.26 Å². The Morgan fingerprint density at radius 2 is 2.36 bits per heavy atom. The van der Waals surface area contributed by atoms with Gasteiger partial charge in [-0.1, -0.05) is 13.8 Å². The standard InChI is InChI=1S/C9H16N2/c1-8(2)9-7-11(9)6-4-3-5-10/h8-9H,3-4,6-7H2,1-2H3. The van der Waals surface area contributed by atoms with Crippen LogP contribution >= 0.6 is 0 Å². The van der Waals surface area contributed by atoms with Crippen LogP contribution in [0.1, 0.15) is 26.7 Å². The van der Waals surface area contributed by atoms with E-state index >= 15 is 0 Å². The van der Waals surface area contributed by atoms with E-state index in [1.54, 1.807) is 0 Å². The van der Waals surface area contributed by atoms with Gasteiger partial charge in [0.2, 0.25) is 0 Å². The molecular formula is C9H16N2. The average molecular weight is 152 g/mol. The van der Waals surface area contributed by atoms with Crippen molar-refractivity contribution in [3.8, 4) is 6.07 Å². The number of hydrogen-bond acceptors (Lipinski definition) is 2. The minimum atomic E-state index is 0.710.